The number of aryl methyl sites for hydroxylation is 1. The minimum Gasteiger partial charge on any atom is -0.502 e. The van der Waals surface area contributed by atoms with Crippen molar-refractivity contribution in [3.8, 4) is 5.75 Å². The van der Waals surface area contributed by atoms with Gasteiger partial charge in [-0.05, 0) is 55.8 Å². The summed E-state index contributed by atoms with van der Waals surface area (Å²) in [6, 6.07) is 20.8. The number of aliphatic hydroxyl groups is 1. The number of amides is 1. The fourth-order valence-corrected chi connectivity index (χ4v) is 5.42. The van der Waals surface area contributed by atoms with E-state index in [-0.39, 0.29) is 9.80 Å². The van der Waals surface area contributed by atoms with Crippen molar-refractivity contribution in [2.45, 2.75) is 24.8 Å². The molecule has 7 heteroatoms. The van der Waals surface area contributed by atoms with Gasteiger partial charge in [0.05, 0.1) is 11.5 Å². The standard InChI is InChI=1S/C25H23NO5S/c1-3-31-20-15-11-18(12-16-20)22-24(32(29,30)21-7-5-4-6-8-21)23(27)25(28)26(22)19-13-9-17(2)10-14-19/h4-16,22,27H,3H2,1-2H3/t22-/m0/s1. The number of carbonyl (C=O) groups excluding carboxylic acids is 1. The van der Waals surface area contributed by atoms with Crippen LogP contribution in [0.1, 0.15) is 24.1 Å². The lowest BCUT2D eigenvalue weighted by Gasteiger charge is -2.27. The molecule has 0 bridgehead atoms. The van der Waals surface area contributed by atoms with Gasteiger partial charge in [0.2, 0.25) is 9.84 Å². The second kappa shape index (κ2) is 8.51. The Kier molecular flexibility index (Phi) is 5.76. The van der Waals surface area contributed by atoms with Crippen LogP contribution in [0.4, 0.5) is 5.69 Å². The van der Waals surface area contributed by atoms with E-state index in [1.165, 1.54) is 17.0 Å². The van der Waals surface area contributed by atoms with Crippen LogP contribution in [0.15, 0.2) is 94.4 Å². The van der Waals surface area contributed by atoms with Gasteiger partial charge in [0, 0.05) is 5.69 Å². The summed E-state index contributed by atoms with van der Waals surface area (Å²) in [4.78, 5) is 14.2. The minimum atomic E-state index is -4.15. The Morgan fingerprint density at radius 1 is 0.938 bits per heavy atom. The number of benzene rings is 3. The van der Waals surface area contributed by atoms with Gasteiger partial charge >= 0.3 is 0 Å². The van der Waals surface area contributed by atoms with Crippen molar-refractivity contribution in [1.29, 1.82) is 0 Å². The van der Waals surface area contributed by atoms with Crippen LogP contribution in [0.25, 0.3) is 0 Å². The topological polar surface area (TPSA) is 83.9 Å². The predicted octanol–water partition coefficient (Wildman–Crippen LogP) is 4.73. The average molecular weight is 450 g/mol. The Balaban J connectivity index is 1.90. The highest BCUT2D eigenvalue weighted by Crippen LogP contribution is 2.45. The van der Waals surface area contributed by atoms with E-state index < -0.39 is 27.5 Å². The van der Waals surface area contributed by atoms with Gasteiger partial charge in [0.1, 0.15) is 16.7 Å². The number of sulfone groups is 1. The first-order valence-electron chi connectivity index (χ1n) is 10.2. The monoisotopic (exact) mass is 449 g/mol. The summed E-state index contributed by atoms with van der Waals surface area (Å²) < 4.78 is 32.6. The van der Waals surface area contributed by atoms with Crippen molar-refractivity contribution in [1.82, 2.24) is 0 Å². The molecule has 0 saturated carbocycles. The van der Waals surface area contributed by atoms with Crippen molar-refractivity contribution in [3.05, 3.63) is 101 Å². The number of anilines is 1. The quantitative estimate of drug-likeness (QED) is 0.588. The van der Waals surface area contributed by atoms with Crippen LogP contribution in [0.2, 0.25) is 0 Å². The summed E-state index contributed by atoms with van der Waals surface area (Å²) in [7, 11) is -4.15. The molecular formula is C25H23NO5S. The Hall–Kier alpha value is -3.58. The third-order valence-electron chi connectivity index (χ3n) is 5.32. The van der Waals surface area contributed by atoms with E-state index in [2.05, 4.69) is 0 Å². The Bertz CT molecular complexity index is 1260. The molecule has 3 aromatic rings. The lowest BCUT2D eigenvalue weighted by atomic mass is 10.1. The zero-order valence-electron chi connectivity index (χ0n) is 17.7. The minimum absolute atomic E-state index is 0.0102. The molecule has 3 aromatic carbocycles. The summed E-state index contributed by atoms with van der Waals surface area (Å²) in [6.07, 6.45) is 0. The molecule has 0 spiro atoms. The summed E-state index contributed by atoms with van der Waals surface area (Å²) >= 11 is 0. The first kappa shape index (κ1) is 21.6. The van der Waals surface area contributed by atoms with Crippen LogP contribution >= 0.6 is 0 Å². The van der Waals surface area contributed by atoms with Gasteiger partial charge in [-0.25, -0.2) is 8.42 Å². The molecule has 6 nitrogen and oxygen atoms in total. The molecule has 0 saturated heterocycles. The molecule has 164 valence electrons. The molecule has 1 amide bonds. The molecule has 0 aliphatic carbocycles. The number of aliphatic hydroxyl groups excluding tert-OH is 1. The van der Waals surface area contributed by atoms with Crippen molar-refractivity contribution in [3.63, 3.8) is 0 Å². The molecule has 0 fully saturated rings. The smallest absolute Gasteiger partial charge is 0.295 e. The van der Waals surface area contributed by atoms with Crippen LogP contribution in [0.3, 0.4) is 0 Å². The van der Waals surface area contributed by atoms with E-state index in [0.717, 1.165) is 5.56 Å². The zero-order chi connectivity index (χ0) is 22.9. The summed E-state index contributed by atoms with van der Waals surface area (Å²) in [5, 5.41) is 10.8. The lowest BCUT2D eigenvalue weighted by Crippen LogP contribution is -2.31. The summed E-state index contributed by atoms with van der Waals surface area (Å²) in [5.74, 6) is -0.904. The fraction of sp³-hybridized carbons (Fsp3) is 0.160. The number of carbonyl (C=O) groups is 1. The third kappa shape index (κ3) is 3.76. The number of hydrogen-bond acceptors (Lipinski definition) is 5. The maximum absolute atomic E-state index is 13.6. The number of hydrogen-bond donors (Lipinski definition) is 1. The molecule has 1 atom stereocenters. The second-order valence-corrected chi connectivity index (χ2v) is 9.36. The summed E-state index contributed by atoms with van der Waals surface area (Å²) in [5.41, 5.74) is 2.03. The summed E-state index contributed by atoms with van der Waals surface area (Å²) in [6.45, 7) is 4.28. The SMILES string of the molecule is CCOc1ccc([C@H]2C(S(=O)(=O)c3ccccc3)=C(O)C(=O)N2c2ccc(C)cc2)cc1. The van der Waals surface area contributed by atoms with Crippen LogP contribution in [0.5, 0.6) is 5.75 Å². The van der Waals surface area contributed by atoms with E-state index >= 15 is 0 Å². The third-order valence-corrected chi connectivity index (χ3v) is 7.21. The highest BCUT2D eigenvalue weighted by Gasteiger charge is 2.47. The molecule has 0 radical (unpaired) electrons. The van der Waals surface area contributed by atoms with Gasteiger partial charge in [-0.2, -0.15) is 0 Å². The van der Waals surface area contributed by atoms with Crippen molar-refractivity contribution in [2.75, 3.05) is 11.5 Å². The van der Waals surface area contributed by atoms with Crippen LogP contribution in [-0.4, -0.2) is 26.0 Å². The lowest BCUT2D eigenvalue weighted by molar-refractivity contribution is -0.117. The second-order valence-electron chi connectivity index (χ2n) is 7.44. The van der Waals surface area contributed by atoms with Crippen molar-refractivity contribution >= 4 is 21.4 Å². The predicted molar refractivity (Wildman–Crippen MR) is 122 cm³/mol. The molecule has 1 N–H and O–H groups in total. The molecule has 4 rings (SSSR count). The average Bonchev–Trinajstić information content (AvgIpc) is 3.07. The van der Waals surface area contributed by atoms with Gasteiger partial charge < -0.3 is 9.84 Å². The van der Waals surface area contributed by atoms with Crippen molar-refractivity contribution in [2.24, 2.45) is 0 Å². The normalized spacial score (nSPS) is 16.5. The number of ether oxygens (including phenoxy) is 1. The molecule has 1 aliphatic heterocycles. The fourth-order valence-electron chi connectivity index (χ4n) is 3.77. The maximum atomic E-state index is 13.6. The van der Waals surface area contributed by atoms with Gasteiger partial charge in [0.25, 0.3) is 5.91 Å². The highest BCUT2D eigenvalue weighted by molar-refractivity contribution is 7.95. The Morgan fingerprint density at radius 2 is 1.56 bits per heavy atom. The molecule has 1 heterocycles. The maximum Gasteiger partial charge on any atom is 0.295 e. The number of rotatable bonds is 6. The largest absolute Gasteiger partial charge is 0.502 e. The van der Waals surface area contributed by atoms with Gasteiger partial charge in [-0.3, -0.25) is 9.69 Å². The Morgan fingerprint density at radius 3 is 2.16 bits per heavy atom. The van der Waals surface area contributed by atoms with Gasteiger partial charge in [-0.1, -0.05) is 48.0 Å². The zero-order valence-corrected chi connectivity index (χ0v) is 18.5. The molecule has 0 aromatic heterocycles. The molecule has 32 heavy (non-hydrogen) atoms. The van der Waals surface area contributed by atoms with Crippen LogP contribution in [-0.2, 0) is 14.6 Å². The highest BCUT2D eigenvalue weighted by atomic mass is 32.2. The first-order chi connectivity index (χ1) is 15.3. The van der Waals surface area contributed by atoms with E-state index in [1.54, 1.807) is 54.6 Å². The number of nitrogens with zero attached hydrogens (tertiary/aromatic N) is 1. The van der Waals surface area contributed by atoms with Gasteiger partial charge in [0.15, 0.2) is 5.76 Å². The van der Waals surface area contributed by atoms with Crippen LogP contribution < -0.4 is 9.64 Å². The Labute approximate surface area is 187 Å². The van der Waals surface area contributed by atoms with Gasteiger partial charge in [-0.15, -0.1) is 0 Å². The first-order valence-corrected chi connectivity index (χ1v) is 11.7. The molecule has 0 unspecified atom stereocenters. The van der Waals surface area contributed by atoms with E-state index in [1.807, 2.05) is 26.0 Å². The van der Waals surface area contributed by atoms with Crippen molar-refractivity contribution < 1.29 is 23.1 Å². The van der Waals surface area contributed by atoms with E-state index in [4.69, 9.17) is 4.74 Å². The molecule has 1 aliphatic rings. The van der Waals surface area contributed by atoms with E-state index in [9.17, 15) is 18.3 Å². The molecular weight excluding hydrogens is 426 g/mol. The van der Waals surface area contributed by atoms with E-state index in [0.29, 0.717) is 23.6 Å². The van der Waals surface area contributed by atoms with Crippen LogP contribution in [0, 0.1) is 6.92 Å².